The monoisotopic (exact) mass is 275 g/mol. The Hall–Kier alpha value is -2.07. The summed E-state index contributed by atoms with van der Waals surface area (Å²) in [5.41, 5.74) is 0.225. The minimum atomic E-state index is -0.842. The quantitative estimate of drug-likeness (QED) is 0.371. The topological polar surface area (TPSA) is 58.9 Å². The number of hydrogen-bond donors (Lipinski definition) is 1. The minimum absolute atomic E-state index is 0.0932. The molecule has 3 rings (SSSR count). The second-order valence-corrected chi connectivity index (χ2v) is 4.55. The van der Waals surface area contributed by atoms with Crippen LogP contribution in [0.1, 0.15) is 12.0 Å². The number of carbonyl (C=O) groups is 1. The molecule has 1 N–H and O–H groups in total. The summed E-state index contributed by atoms with van der Waals surface area (Å²) in [4.78, 5) is 16.1. The zero-order valence-electron chi connectivity index (χ0n) is 9.84. The maximum Gasteiger partial charge on any atom is 0.267 e. The first-order valence-electron chi connectivity index (χ1n) is 5.78. The molecule has 0 amide bonds. The average molecular weight is 276 g/mol. The van der Waals surface area contributed by atoms with Gasteiger partial charge in [0.25, 0.3) is 5.69 Å². The number of Topliss-reactive ketones (excluding diaryl/α,β-unsaturated/α-hetero) is 1. The fourth-order valence-corrected chi connectivity index (χ4v) is 2.28. The minimum Gasteiger partial charge on any atom is -0.506 e. The number of carbonyl (C=O) groups excluding carboxylic acids is 1. The van der Waals surface area contributed by atoms with E-state index in [0.29, 0.717) is 17.0 Å². The summed E-state index contributed by atoms with van der Waals surface area (Å²) in [7, 11) is 0. The lowest BCUT2D eigenvalue weighted by Gasteiger charge is -2.14. The third-order valence-electron chi connectivity index (χ3n) is 2.96. The number of aliphatic imine (C=N–C) groups is 1. The molecule has 1 unspecified atom stereocenters. The van der Waals surface area contributed by atoms with E-state index in [-0.39, 0.29) is 23.5 Å². The number of benzene rings is 1. The van der Waals surface area contributed by atoms with Gasteiger partial charge >= 0.3 is 0 Å². The normalized spacial score (nSPS) is 24.3. The van der Waals surface area contributed by atoms with Crippen molar-refractivity contribution < 1.29 is 14.6 Å². The first kappa shape index (κ1) is 12.0. The van der Waals surface area contributed by atoms with Crippen molar-refractivity contribution >= 4 is 28.9 Å². The van der Waals surface area contributed by atoms with E-state index in [1.54, 1.807) is 30.3 Å². The van der Waals surface area contributed by atoms with Crippen molar-refractivity contribution in [2.75, 3.05) is 0 Å². The molecule has 0 spiro atoms. The Morgan fingerprint density at radius 2 is 2.11 bits per heavy atom. The van der Waals surface area contributed by atoms with Gasteiger partial charge in [0.1, 0.15) is 17.2 Å². The second kappa shape index (κ2) is 4.55. The zero-order chi connectivity index (χ0) is 13.4. The van der Waals surface area contributed by atoms with Gasteiger partial charge in [-0.1, -0.05) is 41.9 Å². The molecule has 0 radical (unpaired) electrons. The fourth-order valence-electron chi connectivity index (χ4n) is 2.09. The standard InChI is InChI=1S/C14H10ClNO3/c15-14-16-12-10(19-14)7-6-9(17)11(12)13(18)8-4-2-1-3-5-8/h1-5,7,14,18H,6H2. The average Bonchev–Trinajstić information content (AvgIpc) is 2.79. The molecule has 19 heavy (non-hydrogen) atoms. The molecule has 0 saturated carbocycles. The van der Waals surface area contributed by atoms with E-state index in [1.807, 2.05) is 6.07 Å². The molecule has 5 heteroatoms. The zero-order valence-corrected chi connectivity index (χ0v) is 10.6. The predicted octanol–water partition coefficient (Wildman–Crippen LogP) is 2.81. The number of fused-ring (bicyclic) bond motifs is 1. The molecule has 0 bridgehead atoms. The molecule has 1 heterocycles. The number of hydrogen-bond acceptors (Lipinski definition) is 4. The molecule has 1 aliphatic heterocycles. The number of rotatable bonds is 1. The molecule has 1 atom stereocenters. The van der Waals surface area contributed by atoms with Crippen LogP contribution < -0.4 is 0 Å². The molecule has 1 aromatic carbocycles. The van der Waals surface area contributed by atoms with Gasteiger partial charge < -0.3 is 9.84 Å². The van der Waals surface area contributed by atoms with Crippen LogP contribution in [-0.4, -0.2) is 22.3 Å². The first-order chi connectivity index (χ1) is 9.16. The highest BCUT2D eigenvalue weighted by Gasteiger charge is 2.34. The van der Waals surface area contributed by atoms with Crippen LogP contribution in [0.15, 0.2) is 52.7 Å². The maximum absolute atomic E-state index is 12.0. The fraction of sp³-hybridized carbons (Fsp3) is 0.143. The molecular weight excluding hydrogens is 266 g/mol. The van der Waals surface area contributed by atoms with Gasteiger partial charge in [-0.2, -0.15) is 0 Å². The number of aliphatic hydroxyl groups excluding tert-OH is 1. The Morgan fingerprint density at radius 1 is 1.37 bits per heavy atom. The Morgan fingerprint density at radius 3 is 2.84 bits per heavy atom. The van der Waals surface area contributed by atoms with Crippen molar-refractivity contribution in [2.45, 2.75) is 12.1 Å². The summed E-state index contributed by atoms with van der Waals surface area (Å²) in [6.45, 7) is 0. The summed E-state index contributed by atoms with van der Waals surface area (Å²) in [5, 5.41) is 10.3. The third kappa shape index (κ3) is 2.04. The molecule has 1 aliphatic carbocycles. The number of alkyl halides is 1. The van der Waals surface area contributed by atoms with E-state index < -0.39 is 5.69 Å². The predicted molar refractivity (Wildman–Crippen MR) is 71.9 cm³/mol. The van der Waals surface area contributed by atoms with Crippen LogP contribution >= 0.6 is 11.6 Å². The Labute approximate surface area is 114 Å². The van der Waals surface area contributed by atoms with E-state index >= 15 is 0 Å². The van der Waals surface area contributed by atoms with Crippen LogP contribution in [0.4, 0.5) is 0 Å². The number of ether oxygens (including phenoxy) is 1. The largest absolute Gasteiger partial charge is 0.506 e. The van der Waals surface area contributed by atoms with Crippen molar-refractivity contribution in [1.82, 2.24) is 0 Å². The van der Waals surface area contributed by atoms with Crippen LogP contribution in [0.3, 0.4) is 0 Å². The number of allylic oxidation sites excluding steroid dienone is 2. The van der Waals surface area contributed by atoms with Gasteiger partial charge in [-0.3, -0.25) is 4.79 Å². The molecular formula is C14H10ClNO3. The van der Waals surface area contributed by atoms with Gasteiger partial charge in [0.2, 0.25) is 0 Å². The molecule has 96 valence electrons. The van der Waals surface area contributed by atoms with Crippen LogP contribution in [0.2, 0.25) is 0 Å². The summed E-state index contributed by atoms with van der Waals surface area (Å²) < 4.78 is 5.26. The number of ketones is 1. The highest BCUT2D eigenvalue weighted by Crippen LogP contribution is 2.31. The summed E-state index contributed by atoms with van der Waals surface area (Å²) in [5.74, 6) is 0.166. The van der Waals surface area contributed by atoms with Crippen LogP contribution in [0.25, 0.3) is 5.76 Å². The van der Waals surface area contributed by atoms with Crippen LogP contribution in [0.5, 0.6) is 0 Å². The molecule has 0 saturated heterocycles. The van der Waals surface area contributed by atoms with Gasteiger partial charge in [0.05, 0.1) is 5.57 Å². The van der Waals surface area contributed by atoms with Gasteiger partial charge in [-0.25, -0.2) is 4.99 Å². The van der Waals surface area contributed by atoms with E-state index in [9.17, 15) is 9.90 Å². The molecule has 2 aliphatic rings. The van der Waals surface area contributed by atoms with E-state index in [2.05, 4.69) is 4.99 Å². The number of nitrogens with zero attached hydrogens (tertiary/aromatic N) is 1. The van der Waals surface area contributed by atoms with E-state index in [1.165, 1.54) is 0 Å². The van der Waals surface area contributed by atoms with Gasteiger partial charge in [0.15, 0.2) is 5.78 Å². The highest BCUT2D eigenvalue weighted by molar-refractivity contribution is 6.35. The lowest BCUT2D eigenvalue weighted by atomic mass is 9.93. The Kier molecular flexibility index (Phi) is 2.87. The third-order valence-corrected chi connectivity index (χ3v) is 3.15. The Bertz CT molecular complexity index is 631. The van der Waals surface area contributed by atoms with Gasteiger partial charge in [-0.15, -0.1) is 0 Å². The van der Waals surface area contributed by atoms with Gasteiger partial charge in [-0.05, 0) is 6.08 Å². The number of halogens is 1. The summed E-state index contributed by atoms with van der Waals surface area (Å²) in [6.07, 6.45) is 1.80. The molecule has 1 aromatic rings. The molecule has 0 fully saturated rings. The van der Waals surface area contributed by atoms with Crippen molar-refractivity contribution in [3.63, 3.8) is 0 Å². The summed E-state index contributed by atoms with van der Waals surface area (Å²) in [6, 6.07) is 8.85. The smallest absolute Gasteiger partial charge is 0.267 e. The first-order valence-corrected chi connectivity index (χ1v) is 6.22. The summed E-state index contributed by atoms with van der Waals surface area (Å²) >= 11 is 5.78. The molecule has 4 nitrogen and oxygen atoms in total. The maximum atomic E-state index is 12.0. The SMILES string of the molecule is O=C1CC=C2OC(Cl)N=C2C1=C(O)c1ccccc1. The van der Waals surface area contributed by atoms with E-state index in [0.717, 1.165) is 0 Å². The van der Waals surface area contributed by atoms with Gasteiger partial charge in [0, 0.05) is 12.0 Å². The van der Waals surface area contributed by atoms with Crippen molar-refractivity contribution in [1.29, 1.82) is 0 Å². The lowest BCUT2D eigenvalue weighted by Crippen LogP contribution is -2.19. The molecule has 0 aromatic heterocycles. The highest BCUT2D eigenvalue weighted by atomic mass is 35.5. The van der Waals surface area contributed by atoms with E-state index in [4.69, 9.17) is 16.3 Å². The van der Waals surface area contributed by atoms with Crippen molar-refractivity contribution in [2.24, 2.45) is 4.99 Å². The number of aliphatic hydroxyl groups is 1. The Balaban J connectivity index is 2.15. The van der Waals surface area contributed by atoms with Crippen molar-refractivity contribution in [3.8, 4) is 0 Å². The van der Waals surface area contributed by atoms with Crippen LogP contribution in [0, 0.1) is 0 Å². The lowest BCUT2D eigenvalue weighted by molar-refractivity contribution is -0.114. The van der Waals surface area contributed by atoms with Crippen molar-refractivity contribution in [3.05, 3.63) is 53.3 Å². The second-order valence-electron chi connectivity index (χ2n) is 4.17. The van der Waals surface area contributed by atoms with Crippen LogP contribution in [-0.2, 0) is 9.53 Å².